The Kier molecular flexibility index (Phi) is 13.9. The summed E-state index contributed by atoms with van der Waals surface area (Å²) in [6.45, 7) is 12.0. The Labute approximate surface area is 287 Å². The second-order valence-electron chi connectivity index (χ2n) is 9.67. The van der Waals surface area contributed by atoms with E-state index in [0.717, 1.165) is 11.1 Å². The number of amides is 2. The molecule has 49 heavy (non-hydrogen) atoms. The summed E-state index contributed by atoms with van der Waals surface area (Å²) < 4.78 is 5.41. The number of nitrogens with zero attached hydrogens (tertiary/aromatic N) is 4. The van der Waals surface area contributed by atoms with Crippen molar-refractivity contribution in [3.8, 4) is 23.1 Å². The standard InChI is InChI=1S/C34H23N5O4.3C2H6/c1-43-32-29(27(21-12-5-2-6-13-21)25(20-35)31(40)36-32)38-37-26-19-11-18-24-28(26)34(42)39(33(24)41)30(22-14-7-3-8-15-22)23-16-9-4-10-17-23;3*1-2/h2-19,30H,1H3,(H,36,40);3*1-2H3. The summed E-state index contributed by atoms with van der Waals surface area (Å²) in [6.07, 6.45) is 0. The molecule has 0 aliphatic carbocycles. The molecular weight excluding hydrogens is 614 g/mol. The molecule has 4 aromatic carbocycles. The predicted molar refractivity (Wildman–Crippen MR) is 194 cm³/mol. The van der Waals surface area contributed by atoms with E-state index >= 15 is 0 Å². The van der Waals surface area contributed by atoms with Crippen molar-refractivity contribution in [3.63, 3.8) is 0 Å². The second-order valence-corrected chi connectivity index (χ2v) is 9.67. The number of fused-ring (bicyclic) bond motifs is 1. The Morgan fingerprint density at radius 1 is 0.673 bits per heavy atom. The average molecular weight is 656 g/mol. The fourth-order valence-corrected chi connectivity index (χ4v) is 5.27. The molecule has 9 nitrogen and oxygen atoms in total. The molecule has 0 radical (unpaired) electrons. The van der Waals surface area contributed by atoms with Crippen molar-refractivity contribution in [3.05, 3.63) is 147 Å². The molecule has 0 fully saturated rings. The van der Waals surface area contributed by atoms with Crippen LogP contribution >= 0.6 is 0 Å². The Bertz CT molecular complexity index is 1940. The number of imide groups is 1. The van der Waals surface area contributed by atoms with Crippen LogP contribution in [-0.4, -0.2) is 28.8 Å². The Morgan fingerprint density at radius 3 is 1.71 bits per heavy atom. The smallest absolute Gasteiger partial charge is 0.269 e. The minimum atomic E-state index is -0.665. The van der Waals surface area contributed by atoms with E-state index in [9.17, 15) is 19.6 Å². The van der Waals surface area contributed by atoms with Crippen molar-refractivity contribution in [2.75, 3.05) is 7.11 Å². The molecule has 1 N–H and O–H groups in total. The number of carbonyl (C=O) groups is 2. The van der Waals surface area contributed by atoms with Crippen LogP contribution in [0, 0.1) is 11.3 Å². The molecule has 1 aliphatic rings. The zero-order valence-corrected chi connectivity index (χ0v) is 28.9. The fraction of sp³-hybridized carbons (Fsp3) is 0.200. The SMILES string of the molecule is CC.CC.CC.COc1[nH]c(=O)c(C#N)c(-c2ccccc2)c1N=Nc1cccc2c1C(=O)N(C(c1ccccc1)c1ccccc1)C2=O. The molecule has 0 spiro atoms. The van der Waals surface area contributed by atoms with Gasteiger partial charge in [-0.05, 0) is 28.8 Å². The first-order valence-electron chi connectivity index (χ1n) is 16.4. The van der Waals surface area contributed by atoms with Gasteiger partial charge in [-0.1, -0.05) is 139 Å². The number of aromatic amines is 1. The lowest BCUT2D eigenvalue weighted by Gasteiger charge is -2.27. The van der Waals surface area contributed by atoms with Crippen molar-refractivity contribution in [1.29, 1.82) is 5.26 Å². The van der Waals surface area contributed by atoms with E-state index in [1.807, 2.05) is 108 Å². The summed E-state index contributed by atoms with van der Waals surface area (Å²) in [5, 5.41) is 18.6. The highest BCUT2D eigenvalue weighted by molar-refractivity contribution is 6.23. The number of hydrogen-bond acceptors (Lipinski definition) is 7. The van der Waals surface area contributed by atoms with Crippen molar-refractivity contribution in [2.24, 2.45) is 10.2 Å². The number of benzene rings is 4. The van der Waals surface area contributed by atoms with Gasteiger partial charge in [0.25, 0.3) is 17.4 Å². The molecule has 0 unspecified atom stereocenters. The van der Waals surface area contributed by atoms with Gasteiger partial charge in [-0.2, -0.15) is 5.26 Å². The van der Waals surface area contributed by atoms with Gasteiger partial charge in [0.2, 0.25) is 5.88 Å². The van der Waals surface area contributed by atoms with E-state index in [1.165, 1.54) is 12.0 Å². The number of rotatable bonds is 7. The number of nitriles is 1. The summed E-state index contributed by atoms with van der Waals surface area (Å²) in [6, 6.07) is 33.6. The lowest BCUT2D eigenvalue weighted by molar-refractivity contribution is 0.0609. The van der Waals surface area contributed by atoms with Crippen LogP contribution in [0.2, 0.25) is 0 Å². The number of hydrogen-bond donors (Lipinski definition) is 1. The molecule has 5 aromatic rings. The summed E-state index contributed by atoms with van der Waals surface area (Å²) in [4.78, 5) is 44.4. The maximum Gasteiger partial charge on any atom is 0.269 e. The fourth-order valence-electron chi connectivity index (χ4n) is 5.27. The molecule has 6 rings (SSSR count). The van der Waals surface area contributed by atoms with E-state index in [0.29, 0.717) is 5.56 Å². The number of ether oxygens (including phenoxy) is 1. The number of pyridine rings is 1. The monoisotopic (exact) mass is 655 g/mol. The maximum atomic E-state index is 14.1. The van der Waals surface area contributed by atoms with E-state index in [4.69, 9.17) is 4.74 Å². The molecule has 250 valence electrons. The molecule has 2 amide bonds. The van der Waals surface area contributed by atoms with Crippen LogP contribution in [0.15, 0.2) is 124 Å². The van der Waals surface area contributed by atoms with Crippen molar-refractivity contribution in [1.82, 2.24) is 9.88 Å². The Morgan fingerprint density at radius 2 is 1.20 bits per heavy atom. The largest absolute Gasteiger partial charge is 0.481 e. The zero-order chi connectivity index (χ0) is 35.9. The lowest BCUT2D eigenvalue weighted by atomic mass is 9.97. The number of aromatic nitrogens is 1. The molecule has 2 heterocycles. The Hall–Kier alpha value is -6.14. The van der Waals surface area contributed by atoms with Gasteiger partial charge in [0, 0.05) is 5.56 Å². The van der Waals surface area contributed by atoms with Gasteiger partial charge < -0.3 is 4.74 Å². The number of azo groups is 1. The highest BCUT2D eigenvalue weighted by atomic mass is 16.5. The predicted octanol–water partition coefficient (Wildman–Crippen LogP) is 9.80. The third-order valence-corrected chi connectivity index (χ3v) is 7.21. The summed E-state index contributed by atoms with van der Waals surface area (Å²) in [7, 11) is 1.36. The van der Waals surface area contributed by atoms with Crippen LogP contribution in [0.3, 0.4) is 0 Å². The highest BCUT2D eigenvalue weighted by Gasteiger charge is 2.42. The van der Waals surface area contributed by atoms with Gasteiger partial charge >= 0.3 is 0 Å². The molecule has 1 aliphatic heterocycles. The first-order chi connectivity index (χ1) is 24.0. The van der Waals surface area contributed by atoms with Gasteiger partial charge in [-0.25, -0.2) is 0 Å². The van der Waals surface area contributed by atoms with Crippen molar-refractivity contribution >= 4 is 23.2 Å². The van der Waals surface area contributed by atoms with E-state index in [2.05, 4.69) is 15.2 Å². The molecular formula is C40H41N5O4. The second kappa shape index (κ2) is 18.3. The molecule has 0 saturated heterocycles. The van der Waals surface area contributed by atoms with E-state index < -0.39 is 23.4 Å². The van der Waals surface area contributed by atoms with Crippen LogP contribution in [0.5, 0.6) is 5.88 Å². The van der Waals surface area contributed by atoms with Crippen LogP contribution in [0.1, 0.15) is 85.0 Å². The van der Waals surface area contributed by atoms with Gasteiger partial charge in [-0.15, -0.1) is 10.2 Å². The molecule has 1 aromatic heterocycles. The van der Waals surface area contributed by atoms with Crippen LogP contribution in [-0.2, 0) is 0 Å². The van der Waals surface area contributed by atoms with Crippen molar-refractivity contribution in [2.45, 2.75) is 47.6 Å². The molecule has 0 atom stereocenters. The summed E-state index contributed by atoms with van der Waals surface area (Å²) in [5.41, 5.74) is 2.12. The molecule has 0 bridgehead atoms. The van der Waals surface area contributed by atoms with Gasteiger partial charge in [0.05, 0.1) is 30.0 Å². The summed E-state index contributed by atoms with van der Waals surface area (Å²) in [5.74, 6) is -0.966. The first kappa shape index (κ1) is 37.3. The number of H-pyrrole nitrogens is 1. The first-order valence-corrected chi connectivity index (χ1v) is 16.4. The third kappa shape index (κ3) is 7.71. The van der Waals surface area contributed by atoms with Crippen LogP contribution in [0.25, 0.3) is 11.1 Å². The topological polar surface area (TPSA) is 128 Å². The normalized spacial score (nSPS) is 11.4. The van der Waals surface area contributed by atoms with Crippen LogP contribution in [0.4, 0.5) is 11.4 Å². The summed E-state index contributed by atoms with van der Waals surface area (Å²) >= 11 is 0. The maximum absolute atomic E-state index is 14.1. The lowest BCUT2D eigenvalue weighted by Crippen LogP contribution is -2.34. The van der Waals surface area contributed by atoms with Gasteiger partial charge in [0.15, 0.2) is 5.69 Å². The van der Waals surface area contributed by atoms with E-state index in [1.54, 1.807) is 48.5 Å². The molecule has 0 saturated carbocycles. The van der Waals surface area contributed by atoms with E-state index in [-0.39, 0.29) is 39.5 Å². The number of nitrogens with one attached hydrogen (secondary N) is 1. The van der Waals surface area contributed by atoms with Crippen LogP contribution < -0.4 is 10.3 Å². The zero-order valence-electron chi connectivity index (χ0n) is 28.9. The average Bonchev–Trinajstić information content (AvgIpc) is 3.43. The quantitative estimate of drug-likeness (QED) is 0.138. The van der Waals surface area contributed by atoms with Gasteiger partial charge in [-0.3, -0.25) is 24.3 Å². The highest BCUT2D eigenvalue weighted by Crippen LogP contribution is 2.42. The minimum absolute atomic E-state index is 0.00331. The van der Waals surface area contributed by atoms with Crippen molar-refractivity contribution < 1.29 is 14.3 Å². The number of methoxy groups -OCH3 is 1. The number of carbonyl (C=O) groups excluding carboxylic acids is 2. The Balaban J connectivity index is 0.00000103. The van der Waals surface area contributed by atoms with Gasteiger partial charge in [0.1, 0.15) is 11.6 Å². The third-order valence-electron chi connectivity index (χ3n) is 7.21. The molecule has 9 heteroatoms. The minimum Gasteiger partial charge on any atom is -0.481 e.